The SMILES string of the molecule is CN(C)C(=S)[S-].O.O.O.[Na+]. The van der Waals surface area contributed by atoms with Crippen molar-refractivity contribution in [3.63, 3.8) is 0 Å². The van der Waals surface area contributed by atoms with Gasteiger partial charge in [0.1, 0.15) is 0 Å². The molecule has 0 aliphatic carbocycles. The maximum absolute atomic E-state index is 4.56. The van der Waals surface area contributed by atoms with Gasteiger partial charge in [0.15, 0.2) is 0 Å². The summed E-state index contributed by atoms with van der Waals surface area (Å²) in [6.07, 6.45) is 0. The van der Waals surface area contributed by atoms with Crippen molar-refractivity contribution in [3.05, 3.63) is 0 Å². The van der Waals surface area contributed by atoms with Crippen LogP contribution in [0.5, 0.6) is 0 Å². The molecule has 60 valence electrons. The summed E-state index contributed by atoms with van der Waals surface area (Å²) in [5.74, 6) is 0. The van der Waals surface area contributed by atoms with Gasteiger partial charge in [-0.15, -0.1) is 0 Å². The zero-order chi connectivity index (χ0) is 5.15. The van der Waals surface area contributed by atoms with Gasteiger partial charge in [-0.1, -0.05) is 4.32 Å². The molecule has 0 radical (unpaired) electrons. The molecule has 0 spiro atoms. The van der Waals surface area contributed by atoms with E-state index in [-0.39, 0.29) is 46.0 Å². The Morgan fingerprint density at radius 2 is 1.30 bits per heavy atom. The molecule has 0 aromatic rings. The molecule has 0 atom stereocenters. The minimum absolute atomic E-state index is 0. The molecule has 0 aromatic carbocycles. The fraction of sp³-hybridized carbons (Fsp3) is 0.667. The maximum Gasteiger partial charge on any atom is 1.00 e. The molecular weight excluding hydrogens is 185 g/mol. The Bertz CT molecular complexity index is 72.8. The van der Waals surface area contributed by atoms with Crippen molar-refractivity contribution in [2.75, 3.05) is 14.1 Å². The fourth-order valence-corrected chi connectivity index (χ4v) is 0. The summed E-state index contributed by atoms with van der Waals surface area (Å²) in [7, 11) is 3.66. The van der Waals surface area contributed by atoms with E-state index < -0.39 is 0 Å². The summed E-state index contributed by atoms with van der Waals surface area (Å²) in [4.78, 5) is 1.71. The molecule has 0 fully saturated rings. The quantitative estimate of drug-likeness (QED) is 0.221. The molecule has 0 aliphatic heterocycles. The summed E-state index contributed by atoms with van der Waals surface area (Å²) in [5, 5.41) is 0. The third-order valence-electron chi connectivity index (χ3n) is 0.365. The van der Waals surface area contributed by atoms with E-state index in [0.717, 1.165) is 0 Å². The fourth-order valence-electron chi connectivity index (χ4n) is 0. The number of hydrogen-bond acceptors (Lipinski definition) is 2. The largest absolute Gasteiger partial charge is 1.00 e. The van der Waals surface area contributed by atoms with Crippen molar-refractivity contribution < 1.29 is 46.0 Å². The summed E-state index contributed by atoms with van der Waals surface area (Å²) in [5.41, 5.74) is 0. The van der Waals surface area contributed by atoms with Crippen molar-refractivity contribution in [2.24, 2.45) is 0 Å². The topological polar surface area (TPSA) is 97.7 Å². The molecule has 0 aromatic heterocycles. The molecule has 0 unspecified atom stereocenters. The van der Waals surface area contributed by atoms with Crippen molar-refractivity contribution in [1.82, 2.24) is 4.90 Å². The van der Waals surface area contributed by atoms with Crippen LogP contribution in [0.4, 0.5) is 0 Å². The van der Waals surface area contributed by atoms with Crippen molar-refractivity contribution in [3.8, 4) is 0 Å². The van der Waals surface area contributed by atoms with Crippen molar-refractivity contribution in [1.29, 1.82) is 0 Å². The molecule has 10 heavy (non-hydrogen) atoms. The van der Waals surface area contributed by atoms with Gasteiger partial charge in [-0.2, -0.15) is 0 Å². The Hall–Kier alpha value is 0.990. The number of nitrogens with zero attached hydrogens (tertiary/aromatic N) is 1. The van der Waals surface area contributed by atoms with E-state index in [9.17, 15) is 0 Å². The van der Waals surface area contributed by atoms with Crippen LogP contribution < -0.4 is 29.6 Å². The second-order valence-electron chi connectivity index (χ2n) is 1.16. The molecule has 0 aliphatic rings. The molecule has 0 saturated carbocycles. The van der Waals surface area contributed by atoms with E-state index in [4.69, 9.17) is 0 Å². The minimum atomic E-state index is 0. The molecule has 0 amide bonds. The minimum Gasteiger partial charge on any atom is -0.412 e. The predicted molar refractivity (Wildman–Crippen MR) is 44.5 cm³/mol. The molecule has 0 bridgehead atoms. The van der Waals surface area contributed by atoms with Gasteiger partial charge in [0, 0.05) is 14.1 Å². The van der Waals surface area contributed by atoms with Gasteiger partial charge in [0.05, 0.1) is 0 Å². The van der Waals surface area contributed by atoms with Gasteiger partial charge in [-0.05, 0) is 0 Å². The second-order valence-corrected chi connectivity index (χ2v) is 2.19. The molecule has 4 nitrogen and oxygen atoms in total. The van der Waals surface area contributed by atoms with E-state index in [1.165, 1.54) is 0 Å². The van der Waals surface area contributed by atoms with Crippen LogP contribution in [-0.4, -0.2) is 39.7 Å². The molecule has 0 saturated heterocycles. The van der Waals surface area contributed by atoms with E-state index in [0.29, 0.717) is 4.32 Å². The first kappa shape index (κ1) is 30.6. The monoisotopic (exact) mass is 197 g/mol. The van der Waals surface area contributed by atoms with Crippen LogP contribution in [0.3, 0.4) is 0 Å². The van der Waals surface area contributed by atoms with E-state index in [2.05, 4.69) is 24.8 Å². The summed E-state index contributed by atoms with van der Waals surface area (Å²) in [6, 6.07) is 0. The van der Waals surface area contributed by atoms with Gasteiger partial charge in [0.25, 0.3) is 0 Å². The Morgan fingerprint density at radius 3 is 1.30 bits per heavy atom. The summed E-state index contributed by atoms with van der Waals surface area (Å²) < 4.78 is 0.509. The second kappa shape index (κ2) is 16.5. The molecule has 0 rings (SSSR count). The number of thiocarbonyl (C=S) groups is 1. The summed E-state index contributed by atoms with van der Waals surface area (Å²) >= 11 is 9.12. The van der Waals surface area contributed by atoms with Crippen molar-refractivity contribution >= 4 is 29.2 Å². The van der Waals surface area contributed by atoms with Crippen LogP contribution in [0.1, 0.15) is 0 Å². The van der Waals surface area contributed by atoms with Gasteiger partial charge in [0.2, 0.25) is 0 Å². The van der Waals surface area contributed by atoms with Crippen LogP contribution in [0.25, 0.3) is 0 Å². The smallest absolute Gasteiger partial charge is 0.412 e. The molecule has 0 heterocycles. The van der Waals surface area contributed by atoms with E-state index in [1.54, 1.807) is 4.90 Å². The average Bonchev–Trinajstić information content (AvgIpc) is 1.36. The first-order chi connectivity index (χ1) is 2.64. The first-order valence-corrected chi connectivity index (χ1v) is 2.34. The summed E-state index contributed by atoms with van der Waals surface area (Å²) in [6.45, 7) is 0. The average molecular weight is 197 g/mol. The standard InChI is InChI=1S/C3H7NS2.Na.3H2O/c1-4(2)3(5)6;;;;/h1-2H3,(H,5,6);;3*1H2/q;+1;;;/p-1. The van der Waals surface area contributed by atoms with Gasteiger partial charge < -0.3 is 46.2 Å². The molecule has 7 heteroatoms. The van der Waals surface area contributed by atoms with E-state index in [1.807, 2.05) is 14.1 Å². The normalized spacial score (nSPS) is 4.60. The first-order valence-electron chi connectivity index (χ1n) is 1.53. The van der Waals surface area contributed by atoms with Crippen molar-refractivity contribution in [2.45, 2.75) is 0 Å². The van der Waals surface area contributed by atoms with Crippen LogP contribution in [0.2, 0.25) is 0 Å². The number of rotatable bonds is 0. The Balaban J connectivity index is -0.0000000208. The molecule has 6 N–H and O–H groups in total. The van der Waals surface area contributed by atoms with Gasteiger partial charge in [-0.25, -0.2) is 0 Å². The zero-order valence-electron chi connectivity index (χ0n) is 6.26. The van der Waals surface area contributed by atoms with Gasteiger partial charge >= 0.3 is 29.6 Å². The zero-order valence-corrected chi connectivity index (χ0v) is 9.90. The maximum atomic E-state index is 4.56. The molecular formula is C3H12NNaO3S2. The number of hydrogen-bond donors (Lipinski definition) is 0. The van der Waals surface area contributed by atoms with E-state index >= 15 is 0 Å². The third-order valence-corrected chi connectivity index (χ3v) is 1.10. The van der Waals surface area contributed by atoms with Crippen LogP contribution in [0.15, 0.2) is 0 Å². The predicted octanol–water partition coefficient (Wildman–Crippen LogP) is -5.09. The van der Waals surface area contributed by atoms with Crippen LogP contribution in [0, 0.1) is 0 Å². The Morgan fingerprint density at radius 1 is 1.20 bits per heavy atom. The van der Waals surface area contributed by atoms with Crippen LogP contribution in [-0.2, 0) is 12.6 Å². The third kappa shape index (κ3) is 23.0. The van der Waals surface area contributed by atoms with Gasteiger partial charge in [-0.3, -0.25) is 0 Å². The Kier molecular flexibility index (Phi) is 50.5. The Labute approximate surface area is 93.6 Å². The van der Waals surface area contributed by atoms with Crippen LogP contribution >= 0.6 is 12.2 Å².